The molecule has 0 fully saturated rings. The van der Waals surface area contributed by atoms with Crippen molar-refractivity contribution in [2.45, 2.75) is 26.8 Å². The quantitative estimate of drug-likeness (QED) is 0.572. The first-order valence-electron chi connectivity index (χ1n) is 8.76. The highest BCUT2D eigenvalue weighted by molar-refractivity contribution is 6.39. The van der Waals surface area contributed by atoms with Crippen molar-refractivity contribution in [3.05, 3.63) is 69.8 Å². The number of aromatic amines is 1. The van der Waals surface area contributed by atoms with E-state index in [1.54, 1.807) is 13.0 Å². The number of amides is 2. The average Bonchev–Trinajstić information content (AvgIpc) is 3.06. The maximum atomic E-state index is 12.3. The molecule has 0 aliphatic carbocycles. The molecule has 0 aliphatic rings. The molecule has 0 unspecified atom stereocenters. The number of hydrogen-bond acceptors (Lipinski definition) is 5. The molecule has 2 heterocycles. The van der Waals surface area contributed by atoms with Crippen LogP contribution in [0.25, 0.3) is 5.95 Å². The topological polar surface area (TPSA) is 122 Å². The van der Waals surface area contributed by atoms with Crippen LogP contribution in [0.3, 0.4) is 0 Å². The monoisotopic (exact) mass is 380 g/mol. The highest BCUT2D eigenvalue weighted by Crippen LogP contribution is 2.14. The fraction of sp³-hybridized carbons (Fsp3) is 0.211. The molecule has 9 heteroatoms. The van der Waals surface area contributed by atoms with Gasteiger partial charge in [0.05, 0.1) is 5.69 Å². The van der Waals surface area contributed by atoms with Crippen LogP contribution in [0.2, 0.25) is 0 Å². The van der Waals surface area contributed by atoms with Crippen molar-refractivity contribution in [3.8, 4) is 5.95 Å². The third-order valence-electron chi connectivity index (χ3n) is 3.92. The number of rotatable bonds is 5. The van der Waals surface area contributed by atoms with Gasteiger partial charge < -0.3 is 10.6 Å². The van der Waals surface area contributed by atoms with E-state index in [2.05, 4.69) is 25.7 Å². The van der Waals surface area contributed by atoms with E-state index in [0.717, 1.165) is 5.56 Å². The Morgan fingerprint density at radius 3 is 2.61 bits per heavy atom. The zero-order valence-corrected chi connectivity index (χ0v) is 15.5. The summed E-state index contributed by atoms with van der Waals surface area (Å²) in [7, 11) is 0. The standard InChI is InChI=1S/C19H20N6O3/c1-3-14-10-16(26)23-19(21-14)25-15(9-12(2)24-25)22-18(28)17(27)20-11-13-7-5-4-6-8-13/h4-10H,3,11H2,1-2H3,(H,20,27)(H,22,28)(H,21,23,26). The molecule has 28 heavy (non-hydrogen) atoms. The summed E-state index contributed by atoms with van der Waals surface area (Å²) < 4.78 is 1.29. The molecule has 3 N–H and O–H groups in total. The molecule has 144 valence electrons. The van der Waals surface area contributed by atoms with Crippen LogP contribution in [0.5, 0.6) is 0 Å². The molecule has 2 amide bonds. The van der Waals surface area contributed by atoms with E-state index in [-0.39, 0.29) is 23.9 Å². The number of benzene rings is 1. The van der Waals surface area contributed by atoms with Gasteiger partial charge in [-0.2, -0.15) is 9.78 Å². The van der Waals surface area contributed by atoms with Crippen molar-refractivity contribution >= 4 is 17.6 Å². The van der Waals surface area contributed by atoms with E-state index in [1.807, 2.05) is 37.3 Å². The van der Waals surface area contributed by atoms with Gasteiger partial charge in [0, 0.05) is 24.4 Å². The van der Waals surface area contributed by atoms with Crippen LogP contribution < -0.4 is 16.2 Å². The second-order valence-corrected chi connectivity index (χ2v) is 6.12. The fourth-order valence-electron chi connectivity index (χ4n) is 2.56. The Morgan fingerprint density at radius 2 is 1.89 bits per heavy atom. The van der Waals surface area contributed by atoms with Gasteiger partial charge in [0.25, 0.3) is 5.56 Å². The maximum Gasteiger partial charge on any atom is 0.314 e. The lowest BCUT2D eigenvalue weighted by atomic mass is 10.2. The van der Waals surface area contributed by atoms with Gasteiger partial charge in [-0.15, -0.1) is 0 Å². The number of hydrogen-bond donors (Lipinski definition) is 3. The summed E-state index contributed by atoms with van der Waals surface area (Å²) in [5, 5.41) is 9.31. The zero-order chi connectivity index (χ0) is 20.1. The lowest BCUT2D eigenvalue weighted by molar-refractivity contribution is -0.136. The summed E-state index contributed by atoms with van der Waals surface area (Å²) >= 11 is 0. The zero-order valence-electron chi connectivity index (χ0n) is 15.5. The Kier molecular flexibility index (Phi) is 5.64. The fourth-order valence-corrected chi connectivity index (χ4v) is 2.56. The SMILES string of the molecule is CCc1cc(=O)[nH]c(-n2nc(C)cc2NC(=O)C(=O)NCc2ccccc2)n1. The summed E-state index contributed by atoms with van der Waals surface area (Å²) in [5.74, 6) is -1.23. The lowest BCUT2D eigenvalue weighted by Gasteiger charge is -2.09. The Labute approximate surface area is 160 Å². The normalized spacial score (nSPS) is 10.5. The van der Waals surface area contributed by atoms with Crippen molar-refractivity contribution < 1.29 is 9.59 Å². The van der Waals surface area contributed by atoms with E-state index in [0.29, 0.717) is 17.8 Å². The van der Waals surface area contributed by atoms with Crippen molar-refractivity contribution in [2.24, 2.45) is 0 Å². The Hall–Kier alpha value is -3.75. The van der Waals surface area contributed by atoms with Gasteiger partial charge in [0.2, 0.25) is 5.95 Å². The molecule has 0 aliphatic heterocycles. The maximum absolute atomic E-state index is 12.3. The minimum Gasteiger partial charge on any atom is -0.344 e. The van der Waals surface area contributed by atoms with Crippen LogP contribution >= 0.6 is 0 Å². The third kappa shape index (κ3) is 4.50. The average molecular weight is 380 g/mol. The first-order valence-corrected chi connectivity index (χ1v) is 8.76. The van der Waals surface area contributed by atoms with Crippen LogP contribution in [-0.2, 0) is 22.6 Å². The van der Waals surface area contributed by atoms with Crippen LogP contribution in [0.4, 0.5) is 5.82 Å². The number of carbonyl (C=O) groups excluding carboxylic acids is 2. The molecule has 0 bridgehead atoms. The molecule has 0 saturated heterocycles. The summed E-state index contributed by atoms with van der Waals surface area (Å²) in [6.07, 6.45) is 0.570. The number of nitrogens with one attached hydrogen (secondary N) is 3. The highest BCUT2D eigenvalue weighted by Gasteiger charge is 2.18. The number of H-pyrrole nitrogens is 1. The number of aromatic nitrogens is 4. The van der Waals surface area contributed by atoms with Gasteiger partial charge in [-0.3, -0.25) is 19.4 Å². The largest absolute Gasteiger partial charge is 0.344 e. The van der Waals surface area contributed by atoms with Gasteiger partial charge in [-0.25, -0.2) is 4.98 Å². The molecule has 1 aromatic carbocycles. The second kappa shape index (κ2) is 8.30. The number of aryl methyl sites for hydroxylation is 2. The summed E-state index contributed by atoms with van der Waals surface area (Å²) in [6, 6.07) is 12.2. The number of nitrogens with zero attached hydrogens (tertiary/aromatic N) is 3. The Morgan fingerprint density at radius 1 is 1.14 bits per heavy atom. The van der Waals surface area contributed by atoms with Crippen LogP contribution in [0.15, 0.2) is 47.3 Å². The molecule has 3 rings (SSSR count). The minimum atomic E-state index is -0.842. The molecule has 2 aromatic heterocycles. The number of anilines is 1. The summed E-state index contributed by atoms with van der Waals surface area (Å²) in [5.41, 5.74) is 1.73. The first kappa shape index (κ1) is 19.0. The van der Waals surface area contributed by atoms with Crippen molar-refractivity contribution in [2.75, 3.05) is 5.32 Å². The smallest absolute Gasteiger partial charge is 0.314 e. The molecule has 0 radical (unpaired) electrons. The van der Waals surface area contributed by atoms with Gasteiger partial charge >= 0.3 is 11.8 Å². The molecule has 3 aromatic rings. The van der Waals surface area contributed by atoms with E-state index < -0.39 is 11.8 Å². The molecule has 9 nitrogen and oxygen atoms in total. The van der Waals surface area contributed by atoms with Crippen LogP contribution in [0, 0.1) is 6.92 Å². The van der Waals surface area contributed by atoms with Crippen molar-refractivity contribution in [3.63, 3.8) is 0 Å². The Bertz CT molecular complexity index is 1060. The van der Waals surface area contributed by atoms with E-state index >= 15 is 0 Å². The van der Waals surface area contributed by atoms with E-state index in [9.17, 15) is 14.4 Å². The van der Waals surface area contributed by atoms with Crippen LogP contribution in [0.1, 0.15) is 23.9 Å². The highest BCUT2D eigenvalue weighted by atomic mass is 16.2. The van der Waals surface area contributed by atoms with E-state index in [1.165, 1.54) is 10.7 Å². The second-order valence-electron chi connectivity index (χ2n) is 6.12. The van der Waals surface area contributed by atoms with Gasteiger partial charge in [-0.1, -0.05) is 37.3 Å². The Balaban J connectivity index is 1.76. The van der Waals surface area contributed by atoms with Gasteiger partial charge in [-0.05, 0) is 18.9 Å². The predicted octanol–water partition coefficient (Wildman–Crippen LogP) is 1.08. The third-order valence-corrected chi connectivity index (χ3v) is 3.92. The molecular weight excluding hydrogens is 360 g/mol. The van der Waals surface area contributed by atoms with E-state index in [4.69, 9.17) is 0 Å². The van der Waals surface area contributed by atoms with Crippen molar-refractivity contribution in [1.82, 2.24) is 25.1 Å². The number of carbonyl (C=O) groups is 2. The minimum absolute atomic E-state index is 0.164. The molecule has 0 spiro atoms. The van der Waals surface area contributed by atoms with Crippen LogP contribution in [-0.4, -0.2) is 31.6 Å². The lowest BCUT2D eigenvalue weighted by Crippen LogP contribution is -2.35. The van der Waals surface area contributed by atoms with Crippen molar-refractivity contribution in [1.29, 1.82) is 0 Å². The molecule has 0 atom stereocenters. The summed E-state index contributed by atoms with van der Waals surface area (Å²) in [4.78, 5) is 43.1. The van der Waals surface area contributed by atoms with Gasteiger partial charge in [0.1, 0.15) is 5.82 Å². The summed E-state index contributed by atoms with van der Waals surface area (Å²) in [6.45, 7) is 3.84. The molecular formula is C19H20N6O3. The predicted molar refractivity (Wildman–Crippen MR) is 103 cm³/mol. The first-order chi connectivity index (χ1) is 13.5. The van der Waals surface area contributed by atoms with Gasteiger partial charge in [0.15, 0.2) is 0 Å². The molecule has 0 saturated carbocycles.